The Morgan fingerprint density at radius 3 is 1.62 bits per heavy atom. The molecule has 2 heteroatoms. The van der Waals surface area contributed by atoms with Gasteiger partial charge in [0.05, 0.1) is 13.2 Å². The van der Waals surface area contributed by atoms with Crippen LogP contribution >= 0.6 is 0 Å². The van der Waals surface area contributed by atoms with Crippen molar-refractivity contribution in [2.24, 2.45) is 0 Å². The van der Waals surface area contributed by atoms with Gasteiger partial charge in [-0.25, -0.2) is 0 Å². The van der Waals surface area contributed by atoms with E-state index < -0.39 is 0 Å². The molecule has 0 aliphatic rings. The molecule has 2 nitrogen and oxygen atoms in total. The van der Waals surface area contributed by atoms with Gasteiger partial charge in [0.25, 0.3) is 0 Å². The van der Waals surface area contributed by atoms with Gasteiger partial charge in [-0.2, -0.15) is 0 Å². The van der Waals surface area contributed by atoms with E-state index in [1.165, 1.54) is 5.56 Å². The summed E-state index contributed by atoms with van der Waals surface area (Å²) in [6.07, 6.45) is 0.432. The second-order valence-electron chi connectivity index (χ2n) is 5.64. The molecule has 0 aliphatic carbocycles. The zero-order valence-corrected chi connectivity index (χ0v) is 13.6. The molecular weight excluding hydrogens is 296 g/mol. The van der Waals surface area contributed by atoms with E-state index in [9.17, 15) is 0 Å². The zero-order chi connectivity index (χ0) is 16.5. The monoisotopic (exact) mass is 317 g/mol. The summed E-state index contributed by atoms with van der Waals surface area (Å²) in [6.45, 7) is 1.08. The van der Waals surface area contributed by atoms with Crippen molar-refractivity contribution in [1.29, 1.82) is 0 Å². The summed E-state index contributed by atoms with van der Waals surface area (Å²) in [5, 5.41) is 0. The van der Waals surface area contributed by atoms with Crippen molar-refractivity contribution in [2.45, 2.75) is 25.9 Å². The molecule has 3 rings (SSSR count). The highest BCUT2D eigenvalue weighted by Crippen LogP contribution is 2.13. The number of hydrogen-bond acceptors (Lipinski definition) is 2. The molecule has 0 aliphatic heterocycles. The van der Waals surface area contributed by atoms with Crippen LogP contribution in [0.4, 0.5) is 0 Å². The fourth-order valence-corrected chi connectivity index (χ4v) is 2.44. The van der Waals surface area contributed by atoms with Gasteiger partial charge >= 0.3 is 0 Å². The maximum absolute atomic E-state index is 6.02. The summed E-state index contributed by atoms with van der Waals surface area (Å²) in [6, 6.07) is 31.3. The molecule has 0 amide bonds. The van der Waals surface area contributed by atoms with Crippen LogP contribution in [0.2, 0.25) is 0 Å². The van der Waals surface area contributed by atoms with Crippen molar-refractivity contribution in [1.82, 2.24) is 0 Å². The first-order chi connectivity index (χ1) is 11.9. The third kappa shape index (κ3) is 5.34. The van der Waals surface area contributed by atoms with E-state index in [1.54, 1.807) is 0 Å². The highest BCUT2D eigenvalue weighted by Gasteiger charge is 2.11. The van der Waals surface area contributed by atoms with Gasteiger partial charge in [-0.15, -0.1) is 0 Å². The van der Waals surface area contributed by atoms with Gasteiger partial charge in [0.15, 0.2) is 6.29 Å². The van der Waals surface area contributed by atoms with Gasteiger partial charge < -0.3 is 9.47 Å². The minimum Gasteiger partial charge on any atom is -0.348 e. The van der Waals surface area contributed by atoms with Crippen LogP contribution in [0.1, 0.15) is 16.7 Å². The average Bonchev–Trinajstić information content (AvgIpc) is 2.66. The van der Waals surface area contributed by atoms with Crippen LogP contribution < -0.4 is 0 Å². The summed E-state index contributed by atoms with van der Waals surface area (Å²) in [5.74, 6) is 0. The number of rotatable bonds is 8. The van der Waals surface area contributed by atoms with Crippen molar-refractivity contribution < 1.29 is 9.47 Å². The van der Waals surface area contributed by atoms with Crippen molar-refractivity contribution in [3.63, 3.8) is 0 Å². The Morgan fingerprint density at radius 1 is 0.625 bits per heavy atom. The molecule has 0 bridgehead atoms. The van der Waals surface area contributed by atoms with Gasteiger partial charge in [-0.3, -0.25) is 0 Å². The molecule has 0 atom stereocenters. The molecule has 3 aromatic rings. The zero-order valence-electron chi connectivity index (χ0n) is 13.6. The molecule has 0 saturated carbocycles. The molecular formula is C22H21O2. The first-order valence-corrected chi connectivity index (χ1v) is 8.16. The van der Waals surface area contributed by atoms with Gasteiger partial charge in [-0.05, 0) is 22.8 Å². The smallest absolute Gasteiger partial charge is 0.162 e. The minimum atomic E-state index is -0.284. The van der Waals surface area contributed by atoms with Gasteiger partial charge in [0.1, 0.15) is 0 Å². The van der Waals surface area contributed by atoms with E-state index in [0.717, 1.165) is 11.1 Å². The SMILES string of the molecule is [c]1ccc(CC(OCc2ccccc2)OCc2ccccc2)cc1. The summed E-state index contributed by atoms with van der Waals surface area (Å²) in [5.41, 5.74) is 3.47. The van der Waals surface area contributed by atoms with Crippen LogP contribution in [0, 0.1) is 6.07 Å². The lowest BCUT2D eigenvalue weighted by molar-refractivity contribution is -0.155. The van der Waals surface area contributed by atoms with E-state index in [-0.39, 0.29) is 6.29 Å². The predicted octanol–water partition coefficient (Wildman–Crippen LogP) is 4.79. The lowest BCUT2D eigenvalue weighted by atomic mass is 10.1. The topological polar surface area (TPSA) is 18.5 Å². The fourth-order valence-electron chi connectivity index (χ4n) is 2.44. The predicted molar refractivity (Wildman–Crippen MR) is 95.2 cm³/mol. The molecule has 121 valence electrons. The second-order valence-corrected chi connectivity index (χ2v) is 5.64. The first-order valence-electron chi connectivity index (χ1n) is 8.16. The third-order valence-electron chi connectivity index (χ3n) is 3.75. The summed E-state index contributed by atoms with van der Waals surface area (Å²) < 4.78 is 12.0. The molecule has 1 radical (unpaired) electrons. The lowest BCUT2D eigenvalue weighted by Gasteiger charge is -2.19. The van der Waals surface area contributed by atoms with Crippen LogP contribution in [0.15, 0.2) is 84.9 Å². The van der Waals surface area contributed by atoms with E-state index in [2.05, 4.69) is 30.3 Å². The Labute approximate surface area is 143 Å². The van der Waals surface area contributed by atoms with Crippen molar-refractivity contribution >= 4 is 0 Å². The maximum Gasteiger partial charge on any atom is 0.162 e. The number of benzene rings is 3. The molecule has 0 aromatic heterocycles. The molecule has 3 aromatic carbocycles. The Morgan fingerprint density at radius 2 is 1.12 bits per heavy atom. The Balaban J connectivity index is 1.61. The van der Waals surface area contributed by atoms with Crippen LogP contribution in [0.3, 0.4) is 0 Å². The normalized spacial score (nSPS) is 10.9. The lowest BCUT2D eigenvalue weighted by Crippen LogP contribution is -2.20. The van der Waals surface area contributed by atoms with Crippen LogP contribution in [-0.2, 0) is 29.1 Å². The highest BCUT2D eigenvalue weighted by atomic mass is 16.7. The van der Waals surface area contributed by atoms with Gasteiger partial charge in [-0.1, -0.05) is 84.9 Å². The average molecular weight is 317 g/mol. The van der Waals surface area contributed by atoms with E-state index in [4.69, 9.17) is 9.47 Å². The van der Waals surface area contributed by atoms with E-state index in [0.29, 0.717) is 19.6 Å². The molecule has 24 heavy (non-hydrogen) atoms. The minimum absolute atomic E-state index is 0.284. The second kappa shape index (κ2) is 9.02. The molecule has 0 heterocycles. The van der Waals surface area contributed by atoms with Crippen molar-refractivity contribution in [2.75, 3.05) is 0 Å². The Bertz CT molecular complexity index is 652. The first kappa shape index (κ1) is 16.4. The summed E-state index contributed by atoms with van der Waals surface area (Å²) in [4.78, 5) is 0. The summed E-state index contributed by atoms with van der Waals surface area (Å²) in [7, 11) is 0. The Kier molecular flexibility index (Phi) is 6.18. The molecule has 0 N–H and O–H groups in total. The molecule has 0 fully saturated rings. The van der Waals surface area contributed by atoms with Crippen LogP contribution in [0.25, 0.3) is 0 Å². The van der Waals surface area contributed by atoms with E-state index >= 15 is 0 Å². The van der Waals surface area contributed by atoms with Crippen LogP contribution in [0.5, 0.6) is 0 Å². The number of ether oxygens (including phenoxy) is 2. The molecule has 0 saturated heterocycles. The Hall–Kier alpha value is -2.42. The highest BCUT2D eigenvalue weighted by molar-refractivity contribution is 5.16. The quantitative estimate of drug-likeness (QED) is 0.556. The molecule has 0 spiro atoms. The number of hydrogen-bond donors (Lipinski definition) is 0. The molecule has 0 unspecified atom stereocenters. The van der Waals surface area contributed by atoms with Crippen molar-refractivity contribution in [3.05, 3.63) is 108 Å². The third-order valence-corrected chi connectivity index (χ3v) is 3.75. The van der Waals surface area contributed by atoms with Crippen molar-refractivity contribution in [3.8, 4) is 0 Å². The van der Waals surface area contributed by atoms with E-state index in [1.807, 2.05) is 60.7 Å². The van der Waals surface area contributed by atoms with Gasteiger partial charge in [0, 0.05) is 6.42 Å². The fraction of sp³-hybridized carbons (Fsp3) is 0.182. The van der Waals surface area contributed by atoms with Gasteiger partial charge in [0.2, 0.25) is 0 Å². The largest absolute Gasteiger partial charge is 0.348 e. The summed E-state index contributed by atoms with van der Waals surface area (Å²) >= 11 is 0. The standard InChI is InChI=1S/C22H21O2/c1-4-10-19(11-5-1)16-22(23-17-20-12-6-2-7-13-20)24-18-21-14-8-3-9-15-21/h2-15,22H,16-18H2. The maximum atomic E-state index is 6.02. The van der Waals surface area contributed by atoms with Crippen LogP contribution in [-0.4, -0.2) is 6.29 Å².